The van der Waals surface area contributed by atoms with E-state index >= 15 is 0 Å². The van der Waals surface area contributed by atoms with Crippen molar-refractivity contribution >= 4 is 13.9 Å². The van der Waals surface area contributed by atoms with Crippen LogP contribution in [0.25, 0.3) is 11.1 Å². The highest BCUT2D eigenvalue weighted by atomic mass is 31.2. The largest absolute Gasteiger partial charge is 0.338 e. The van der Waals surface area contributed by atoms with E-state index < -0.39 is 13.3 Å². The Bertz CT molecular complexity index is 695. The molecule has 2 rings (SSSR count). The van der Waals surface area contributed by atoms with Crippen molar-refractivity contribution in [3.63, 3.8) is 0 Å². The van der Waals surface area contributed by atoms with E-state index in [-0.39, 0.29) is 19.6 Å². The molecule has 6 heteroatoms. The number of nitrogens with zero attached hydrogens (tertiary/aromatic N) is 1. The second kappa shape index (κ2) is 8.88. The van der Waals surface area contributed by atoms with Gasteiger partial charge in [-0.2, -0.15) is 0 Å². The number of carbonyl (C=O) groups is 1. The van der Waals surface area contributed by atoms with Crippen molar-refractivity contribution in [3.05, 3.63) is 54.4 Å². The molecule has 1 aromatic carbocycles. The van der Waals surface area contributed by atoms with Crippen LogP contribution in [0.2, 0.25) is 0 Å². The zero-order valence-electron chi connectivity index (χ0n) is 13.9. The van der Waals surface area contributed by atoms with Gasteiger partial charge in [-0.25, -0.2) is 0 Å². The van der Waals surface area contributed by atoms with Crippen LogP contribution >= 0.6 is 7.60 Å². The van der Waals surface area contributed by atoms with Crippen LogP contribution in [0.3, 0.4) is 0 Å². The minimum Gasteiger partial charge on any atom is -0.308 e. The molecule has 0 aliphatic carbocycles. The van der Waals surface area contributed by atoms with E-state index in [1.165, 1.54) is 0 Å². The van der Waals surface area contributed by atoms with Crippen molar-refractivity contribution in [2.24, 2.45) is 0 Å². The summed E-state index contributed by atoms with van der Waals surface area (Å²) in [6.07, 6.45) is 4.26. The summed E-state index contributed by atoms with van der Waals surface area (Å²) in [5.41, 5.74) is 1.88. The molecular formula is C18H22NO4P. The van der Waals surface area contributed by atoms with Gasteiger partial charge < -0.3 is 13.8 Å². The Labute approximate surface area is 142 Å². The Morgan fingerprint density at radius 1 is 1.12 bits per heavy atom. The highest BCUT2D eigenvalue weighted by molar-refractivity contribution is 7.54. The third-order valence-corrected chi connectivity index (χ3v) is 6.10. The molecule has 2 aromatic rings. The lowest BCUT2D eigenvalue weighted by Gasteiger charge is -2.27. The van der Waals surface area contributed by atoms with E-state index in [1.807, 2.05) is 36.4 Å². The molecule has 128 valence electrons. The maximum absolute atomic E-state index is 13.3. The lowest BCUT2D eigenvalue weighted by Crippen LogP contribution is -2.09. The van der Waals surface area contributed by atoms with Crippen molar-refractivity contribution in [3.8, 4) is 11.1 Å². The van der Waals surface area contributed by atoms with Gasteiger partial charge in [-0.3, -0.25) is 9.55 Å². The SMILES string of the molecule is CCOP(=O)(OCC)C(CC=O)c1ccccc1-c1cccnc1. The van der Waals surface area contributed by atoms with Crippen LogP contribution in [-0.4, -0.2) is 24.5 Å². The van der Waals surface area contributed by atoms with Crippen LogP contribution in [-0.2, 0) is 18.4 Å². The van der Waals surface area contributed by atoms with Gasteiger partial charge in [0.05, 0.1) is 18.9 Å². The summed E-state index contributed by atoms with van der Waals surface area (Å²) in [5, 5.41) is 0. The molecule has 1 aromatic heterocycles. The number of carbonyl (C=O) groups excluding carboxylic acids is 1. The zero-order valence-corrected chi connectivity index (χ0v) is 14.8. The number of aldehydes is 1. The average Bonchev–Trinajstić information content (AvgIpc) is 2.61. The highest BCUT2D eigenvalue weighted by Crippen LogP contribution is 2.63. The molecule has 0 radical (unpaired) electrons. The van der Waals surface area contributed by atoms with Gasteiger partial charge >= 0.3 is 7.60 Å². The zero-order chi connectivity index (χ0) is 17.4. The summed E-state index contributed by atoms with van der Waals surface area (Å²) in [6.45, 7) is 4.02. The minimum absolute atomic E-state index is 0.0640. The van der Waals surface area contributed by atoms with Crippen molar-refractivity contribution in [1.29, 1.82) is 0 Å². The van der Waals surface area contributed by atoms with Crippen molar-refractivity contribution in [2.45, 2.75) is 25.9 Å². The first-order valence-electron chi connectivity index (χ1n) is 7.98. The van der Waals surface area contributed by atoms with E-state index in [1.54, 1.807) is 26.2 Å². The lowest BCUT2D eigenvalue weighted by atomic mass is 9.98. The second-order valence-electron chi connectivity index (χ2n) is 5.12. The third-order valence-electron chi connectivity index (χ3n) is 3.61. The van der Waals surface area contributed by atoms with Crippen molar-refractivity contribution in [2.75, 3.05) is 13.2 Å². The van der Waals surface area contributed by atoms with E-state index in [2.05, 4.69) is 4.98 Å². The molecule has 5 nitrogen and oxygen atoms in total. The molecule has 0 bridgehead atoms. The second-order valence-corrected chi connectivity index (χ2v) is 7.34. The van der Waals surface area contributed by atoms with Gasteiger partial charge in [0.1, 0.15) is 6.29 Å². The van der Waals surface area contributed by atoms with Crippen molar-refractivity contribution in [1.82, 2.24) is 4.98 Å². The summed E-state index contributed by atoms with van der Waals surface area (Å²) >= 11 is 0. The number of pyridine rings is 1. The third kappa shape index (κ3) is 4.18. The quantitative estimate of drug-likeness (QED) is 0.488. The van der Waals surface area contributed by atoms with E-state index in [9.17, 15) is 9.36 Å². The van der Waals surface area contributed by atoms with E-state index in [4.69, 9.17) is 9.05 Å². The highest BCUT2D eigenvalue weighted by Gasteiger charge is 2.37. The number of hydrogen-bond donors (Lipinski definition) is 0. The molecule has 0 aliphatic heterocycles. The maximum atomic E-state index is 13.3. The van der Waals surface area contributed by atoms with Crippen LogP contribution in [0.5, 0.6) is 0 Å². The smallest absolute Gasteiger partial charge is 0.308 e. The van der Waals surface area contributed by atoms with Gasteiger partial charge in [-0.05, 0) is 31.0 Å². The first kappa shape index (κ1) is 18.5. The molecular weight excluding hydrogens is 325 g/mol. The van der Waals surface area contributed by atoms with Gasteiger partial charge in [-0.15, -0.1) is 0 Å². The summed E-state index contributed by atoms with van der Waals surface area (Å²) in [7, 11) is -3.47. The van der Waals surface area contributed by atoms with Gasteiger partial charge in [-0.1, -0.05) is 30.3 Å². The van der Waals surface area contributed by atoms with Crippen LogP contribution in [0, 0.1) is 0 Å². The normalized spacial score (nSPS) is 12.8. The molecule has 0 fully saturated rings. The van der Waals surface area contributed by atoms with Gasteiger partial charge in [0, 0.05) is 24.4 Å². The fourth-order valence-corrected chi connectivity index (χ4v) is 4.73. The Balaban J connectivity index is 2.56. The maximum Gasteiger partial charge on any atom is 0.338 e. The molecule has 24 heavy (non-hydrogen) atoms. The molecule has 0 N–H and O–H groups in total. The summed E-state index contributed by atoms with van der Waals surface area (Å²) in [4.78, 5) is 15.4. The molecule has 0 saturated heterocycles. The van der Waals surface area contributed by atoms with Crippen LogP contribution in [0.1, 0.15) is 31.5 Å². The minimum atomic E-state index is -3.47. The monoisotopic (exact) mass is 347 g/mol. The molecule has 0 spiro atoms. The summed E-state index contributed by atoms with van der Waals surface area (Å²) < 4.78 is 24.2. The predicted octanol–water partition coefficient (Wildman–Crippen LogP) is 4.64. The number of aromatic nitrogens is 1. The van der Waals surface area contributed by atoms with Crippen LogP contribution < -0.4 is 0 Å². The fraction of sp³-hybridized carbons (Fsp3) is 0.333. The Hall–Kier alpha value is -1.81. The van der Waals surface area contributed by atoms with Gasteiger partial charge in [0.2, 0.25) is 0 Å². The van der Waals surface area contributed by atoms with Crippen LogP contribution in [0.15, 0.2) is 48.8 Å². The predicted molar refractivity (Wildman–Crippen MR) is 94.0 cm³/mol. The van der Waals surface area contributed by atoms with Crippen molar-refractivity contribution < 1.29 is 18.4 Å². The molecule has 0 aliphatic rings. The average molecular weight is 347 g/mol. The lowest BCUT2D eigenvalue weighted by molar-refractivity contribution is -0.108. The number of hydrogen-bond acceptors (Lipinski definition) is 5. The fourth-order valence-electron chi connectivity index (χ4n) is 2.67. The summed E-state index contributed by atoms with van der Waals surface area (Å²) in [6, 6.07) is 11.3. The van der Waals surface area contributed by atoms with Crippen LogP contribution in [0.4, 0.5) is 0 Å². The van der Waals surface area contributed by atoms with E-state index in [0.717, 1.165) is 23.0 Å². The van der Waals surface area contributed by atoms with Gasteiger partial charge in [0.25, 0.3) is 0 Å². The van der Waals surface area contributed by atoms with Gasteiger partial charge in [0.15, 0.2) is 0 Å². The first-order valence-corrected chi connectivity index (χ1v) is 9.59. The number of rotatable bonds is 9. The Kier molecular flexibility index (Phi) is 6.85. The number of benzene rings is 1. The Morgan fingerprint density at radius 3 is 2.42 bits per heavy atom. The first-order chi connectivity index (χ1) is 11.7. The van der Waals surface area contributed by atoms with E-state index in [0.29, 0.717) is 0 Å². The summed E-state index contributed by atoms with van der Waals surface area (Å²) in [5.74, 6) is 0. The molecule has 0 saturated carbocycles. The molecule has 1 unspecified atom stereocenters. The molecule has 0 amide bonds. The topological polar surface area (TPSA) is 65.5 Å². The molecule has 1 atom stereocenters. The molecule has 1 heterocycles. The standard InChI is InChI=1S/C18H22NO4P/c1-3-22-24(21,23-4-2)18(11-13-20)17-10-6-5-9-16(17)15-8-7-12-19-14-15/h5-10,12-14,18H,3-4,11H2,1-2H3. The Morgan fingerprint density at radius 2 is 1.83 bits per heavy atom.